The summed E-state index contributed by atoms with van der Waals surface area (Å²) in [6.45, 7) is 1.41. The zero-order chi connectivity index (χ0) is 15.2. The van der Waals surface area contributed by atoms with Crippen LogP contribution >= 0.6 is 0 Å². The van der Waals surface area contributed by atoms with E-state index < -0.39 is 18.3 Å². The Morgan fingerprint density at radius 1 is 1.45 bits per heavy atom. The predicted octanol–water partition coefficient (Wildman–Crippen LogP) is 2.41. The van der Waals surface area contributed by atoms with Crippen LogP contribution in [0.3, 0.4) is 0 Å². The van der Waals surface area contributed by atoms with Crippen LogP contribution in [-0.2, 0) is 4.79 Å². The molecule has 108 valence electrons. The van der Waals surface area contributed by atoms with Crippen LogP contribution in [0, 0.1) is 11.8 Å². The number of carbonyl (C=O) groups excluding carboxylic acids is 1. The van der Waals surface area contributed by atoms with Gasteiger partial charge in [0.15, 0.2) is 0 Å². The Balaban J connectivity index is 2.73. The molecule has 20 heavy (non-hydrogen) atoms. The van der Waals surface area contributed by atoms with Crippen LogP contribution in [0.4, 0.5) is 17.6 Å². The van der Waals surface area contributed by atoms with Crippen LogP contribution in [0.5, 0.6) is 5.75 Å². The number of amides is 1. The lowest BCUT2D eigenvalue weighted by atomic mass is 10.2. The van der Waals surface area contributed by atoms with Crippen molar-refractivity contribution in [2.24, 2.45) is 0 Å². The van der Waals surface area contributed by atoms with Crippen LogP contribution in [0.15, 0.2) is 24.3 Å². The molecule has 0 aliphatic heterocycles. The minimum atomic E-state index is -4.55. The SMILES string of the molecule is CC(=O)NCC#Cc1cccc(OC(F)(F)C(F)F)c1. The Hall–Kier alpha value is -2.23. The quantitative estimate of drug-likeness (QED) is 0.683. The first kappa shape index (κ1) is 15.8. The Bertz CT molecular complexity index is 535. The molecule has 0 fully saturated rings. The molecule has 1 amide bonds. The third kappa shape index (κ3) is 5.18. The second-order valence-electron chi connectivity index (χ2n) is 3.70. The maximum Gasteiger partial charge on any atom is 0.461 e. The van der Waals surface area contributed by atoms with E-state index in [4.69, 9.17) is 0 Å². The number of ether oxygens (including phenoxy) is 1. The Labute approximate surface area is 112 Å². The van der Waals surface area contributed by atoms with Gasteiger partial charge in [-0.3, -0.25) is 4.79 Å². The molecule has 0 heterocycles. The molecular weight excluding hydrogens is 278 g/mol. The van der Waals surface area contributed by atoms with E-state index >= 15 is 0 Å². The zero-order valence-corrected chi connectivity index (χ0v) is 10.4. The van der Waals surface area contributed by atoms with Gasteiger partial charge in [0.1, 0.15) is 5.75 Å². The first-order valence-corrected chi connectivity index (χ1v) is 5.49. The van der Waals surface area contributed by atoms with Gasteiger partial charge in [-0.05, 0) is 18.2 Å². The van der Waals surface area contributed by atoms with Crippen molar-refractivity contribution < 1.29 is 27.1 Å². The van der Waals surface area contributed by atoms with Gasteiger partial charge >= 0.3 is 12.5 Å². The topological polar surface area (TPSA) is 38.3 Å². The van der Waals surface area contributed by atoms with Crippen LogP contribution in [0.25, 0.3) is 0 Å². The highest BCUT2D eigenvalue weighted by atomic mass is 19.3. The van der Waals surface area contributed by atoms with E-state index in [0.29, 0.717) is 5.56 Å². The number of nitrogens with one attached hydrogen (secondary N) is 1. The second kappa shape index (κ2) is 6.80. The van der Waals surface area contributed by atoms with Crippen molar-refractivity contribution in [2.45, 2.75) is 19.5 Å². The van der Waals surface area contributed by atoms with E-state index in [0.717, 1.165) is 12.1 Å². The minimum Gasteiger partial charge on any atom is -0.428 e. The first-order chi connectivity index (χ1) is 9.31. The smallest absolute Gasteiger partial charge is 0.428 e. The summed E-state index contributed by atoms with van der Waals surface area (Å²) >= 11 is 0. The third-order valence-corrected chi connectivity index (χ3v) is 2.00. The van der Waals surface area contributed by atoms with Crippen molar-refractivity contribution >= 4 is 5.91 Å². The molecule has 1 N–H and O–H groups in total. The van der Waals surface area contributed by atoms with E-state index in [1.165, 1.54) is 19.1 Å². The van der Waals surface area contributed by atoms with Crippen molar-refractivity contribution in [1.29, 1.82) is 0 Å². The largest absolute Gasteiger partial charge is 0.461 e. The van der Waals surface area contributed by atoms with Crippen molar-refractivity contribution in [2.75, 3.05) is 6.54 Å². The standard InChI is InChI=1S/C13H11F4NO2/c1-9(19)18-7-3-5-10-4-2-6-11(8-10)20-13(16,17)12(14)15/h2,4,6,8,12H,7H2,1H3,(H,18,19). The summed E-state index contributed by atoms with van der Waals surface area (Å²) in [5.41, 5.74) is 0.304. The van der Waals surface area contributed by atoms with Crippen molar-refractivity contribution in [1.82, 2.24) is 5.32 Å². The zero-order valence-electron chi connectivity index (χ0n) is 10.4. The summed E-state index contributed by atoms with van der Waals surface area (Å²) in [5.74, 6) is 4.48. The summed E-state index contributed by atoms with van der Waals surface area (Å²) in [7, 11) is 0. The number of alkyl halides is 4. The highest BCUT2D eigenvalue weighted by Crippen LogP contribution is 2.27. The van der Waals surface area contributed by atoms with Crippen LogP contribution in [-0.4, -0.2) is 25.0 Å². The Morgan fingerprint density at radius 2 is 2.15 bits per heavy atom. The van der Waals surface area contributed by atoms with Crippen LogP contribution in [0.1, 0.15) is 12.5 Å². The van der Waals surface area contributed by atoms with Crippen molar-refractivity contribution in [3.63, 3.8) is 0 Å². The number of rotatable bonds is 4. The second-order valence-corrected chi connectivity index (χ2v) is 3.70. The molecule has 1 aromatic carbocycles. The summed E-state index contributed by atoms with van der Waals surface area (Å²) in [6, 6.07) is 5.07. The van der Waals surface area contributed by atoms with Gasteiger partial charge < -0.3 is 10.1 Å². The fourth-order valence-electron chi connectivity index (χ4n) is 1.15. The molecule has 0 radical (unpaired) electrons. The number of halogens is 4. The van der Waals surface area contributed by atoms with Gasteiger partial charge in [-0.1, -0.05) is 17.9 Å². The van der Waals surface area contributed by atoms with Gasteiger partial charge in [-0.15, -0.1) is 0 Å². The van der Waals surface area contributed by atoms with Gasteiger partial charge in [0.25, 0.3) is 0 Å². The molecule has 0 saturated carbocycles. The average molecular weight is 289 g/mol. The van der Waals surface area contributed by atoms with E-state index in [-0.39, 0.29) is 12.5 Å². The molecule has 0 aromatic heterocycles. The minimum absolute atomic E-state index is 0.0909. The maximum absolute atomic E-state index is 12.7. The van der Waals surface area contributed by atoms with Gasteiger partial charge in [0, 0.05) is 12.5 Å². The first-order valence-electron chi connectivity index (χ1n) is 5.49. The van der Waals surface area contributed by atoms with Crippen LogP contribution in [0.2, 0.25) is 0 Å². The lowest BCUT2D eigenvalue weighted by molar-refractivity contribution is -0.253. The van der Waals surface area contributed by atoms with E-state index in [9.17, 15) is 22.4 Å². The highest BCUT2D eigenvalue weighted by Gasteiger charge is 2.43. The summed E-state index contributed by atoms with van der Waals surface area (Å²) < 4.78 is 53.3. The Kier molecular flexibility index (Phi) is 5.38. The van der Waals surface area contributed by atoms with Crippen molar-refractivity contribution in [3.8, 4) is 17.6 Å². The van der Waals surface area contributed by atoms with Gasteiger partial charge in [-0.25, -0.2) is 0 Å². The molecule has 3 nitrogen and oxygen atoms in total. The summed E-state index contributed by atoms with van der Waals surface area (Å²) in [6.07, 6.45) is -8.47. The number of benzene rings is 1. The van der Waals surface area contributed by atoms with E-state index in [1.54, 1.807) is 0 Å². The van der Waals surface area contributed by atoms with Gasteiger partial charge in [0.05, 0.1) is 6.54 Å². The predicted molar refractivity (Wildman–Crippen MR) is 63.6 cm³/mol. The molecule has 1 rings (SSSR count). The highest BCUT2D eigenvalue weighted by molar-refractivity contribution is 5.73. The average Bonchev–Trinajstić information content (AvgIpc) is 2.34. The van der Waals surface area contributed by atoms with Crippen molar-refractivity contribution in [3.05, 3.63) is 29.8 Å². The molecular formula is C13H11F4NO2. The molecule has 0 aliphatic carbocycles. The van der Waals surface area contributed by atoms with Gasteiger partial charge in [0.2, 0.25) is 5.91 Å². The third-order valence-electron chi connectivity index (χ3n) is 2.00. The monoisotopic (exact) mass is 289 g/mol. The van der Waals surface area contributed by atoms with Crippen LogP contribution < -0.4 is 10.1 Å². The number of hydrogen-bond donors (Lipinski definition) is 1. The molecule has 7 heteroatoms. The van der Waals surface area contributed by atoms with E-state index in [1.807, 2.05) is 0 Å². The maximum atomic E-state index is 12.7. The molecule has 0 unspecified atom stereocenters. The Morgan fingerprint density at radius 3 is 2.75 bits per heavy atom. The molecule has 1 aromatic rings. The molecule has 0 atom stereocenters. The number of carbonyl (C=O) groups is 1. The van der Waals surface area contributed by atoms with E-state index in [2.05, 4.69) is 21.9 Å². The molecule has 0 bridgehead atoms. The normalized spacial score (nSPS) is 10.7. The summed E-state index contributed by atoms with van der Waals surface area (Å²) in [5, 5.41) is 2.42. The number of hydrogen-bond acceptors (Lipinski definition) is 2. The molecule has 0 aliphatic rings. The van der Waals surface area contributed by atoms with Gasteiger partial charge in [-0.2, -0.15) is 17.6 Å². The molecule has 0 saturated heterocycles. The fourth-order valence-corrected chi connectivity index (χ4v) is 1.15. The summed E-state index contributed by atoms with van der Waals surface area (Å²) in [4.78, 5) is 10.6. The fraction of sp³-hybridized carbons (Fsp3) is 0.308. The lowest BCUT2D eigenvalue weighted by Gasteiger charge is -2.16. The lowest BCUT2D eigenvalue weighted by Crippen LogP contribution is -2.33. The molecule has 0 spiro atoms.